The fourth-order valence-corrected chi connectivity index (χ4v) is 11.7. The zero-order valence-corrected chi connectivity index (χ0v) is 29.4. The van der Waals surface area contributed by atoms with Crippen LogP contribution in [0, 0.1) is 6.92 Å². The number of hydrogen-bond acceptors (Lipinski definition) is 10. The van der Waals surface area contributed by atoms with Crippen LogP contribution in [0.2, 0.25) is 16.6 Å². The van der Waals surface area contributed by atoms with Crippen molar-refractivity contribution in [2.45, 2.75) is 71.7 Å². The number of benzene rings is 2. The number of ether oxygens (including phenoxy) is 3. The van der Waals surface area contributed by atoms with Crippen molar-refractivity contribution in [3.05, 3.63) is 53.4 Å². The third kappa shape index (κ3) is 7.77. The van der Waals surface area contributed by atoms with Crippen LogP contribution in [0.15, 0.2) is 50.9 Å². The number of thioether (sulfide) groups is 1. The Hall–Kier alpha value is -3.48. The van der Waals surface area contributed by atoms with E-state index < -0.39 is 14.4 Å². The highest BCUT2D eigenvalue weighted by molar-refractivity contribution is 8.15. The normalized spacial score (nSPS) is 12.8. The van der Waals surface area contributed by atoms with E-state index in [-0.39, 0.29) is 0 Å². The molecule has 0 N–H and O–H groups in total. The third-order valence-electron chi connectivity index (χ3n) is 7.67. The second kappa shape index (κ2) is 15.5. The summed E-state index contributed by atoms with van der Waals surface area (Å²) in [5.41, 5.74) is 4.61. The predicted octanol–water partition coefficient (Wildman–Crippen LogP) is 8.40. The molecule has 0 spiro atoms. The molecule has 0 fully saturated rings. The first kappa shape index (κ1) is 35.0. The first-order valence-corrected chi connectivity index (χ1v) is 17.9. The van der Waals surface area contributed by atoms with Gasteiger partial charge in [-0.1, -0.05) is 46.7 Å². The SMILES string of the molecule is COC(=O)/N=C(SC)/C(=N\c1ccc(-c2noc(C)n2)cc1)c1cc(CO[Si](C(C)C)(C(C)C)C(C)C)c(OC)c(OC)c1. The van der Waals surface area contributed by atoms with Crippen molar-refractivity contribution in [3.63, 3.8) is 0 Å². The monoisotopic (exact) mass is 640 g/mol. The number of nitrogens with zero attached hydrogens (tertiary/aromatic N) is 4. The molecule has 3 aromatic rings. The summed E-state index contributed by atoms with van der Waals surface area (Å²) >= 11 is 1.29. The molecule has 3 rings (SSSR count). The molecule has 0 bridgehead atoms. The minimum absolute atomic E-state index is 0.336. The maximum atomic E-state index is 12.3. The Labute approximate surface area is 265 Å². The predicted molar refractivity (Wildman–Crippen MR) is 179 cm³/mol. The number of methoxy groups -OCH3 is 3. The molecule has 0 aliphatic carbocycles. The van der Waals surface area contributed by atoms with Crippen LogP contribution in [0.1, 0.15) is 58.6 Å². The zero-order valence-electron chi connectivity index (χ0n) is 27.5. The van der Waals surface area contributed by atoms with Gasteiger partial charge >= 0.3 is 6.09 Å². The minimum Gasteiger partial charge on any atom is -0.493 e. The lowest BCUT2D eigenvalue weighted by Crippen LogP contribution is -2.47. The molecular formula is C32H44N4O6SSi. The Morgan fingerprint density at radius 2 is 1.61 bits per heavy atom. The van der Waals surface area contributed by atoms with Crippen molar-refractivity contribution in [2.75, 3.05) is 27.6 Å². The van der Waals surface area contributed by atoms with Crippen molar-refractivity contribution in [3.8, 4) is 22.9 Å². The molecule has 0 unspecified atom stereocenters. The molecule has 0 aliphatic rings. The number of carbonyl (C=O) groups excluding carboxylic acids is 1. The van der Waals surface area contributed by atoms with Crippen molar-refractivity contribution in [1.82, 2.24) is 10.1 Å². The molecule has 10 nitrogen and oxygen atoms in total. The molecule has 0 aliphatic heterocycles. The lowest BCUT2D eigenvalue weighted by atomic mass is 10.0. The first-order chi connectivity index (χ1) is 20.9. The highest BCUT2D eigenvalue weighted by Gasteiger charge is 2.45. The number of carbonyl (C=O) groups is 1. The van der Waals surface area contributed by atoms with Crippen molar-refractivity contribution >= 4 is 42.6 Å². The minimum atomic E-state index is -2.20. The van der Waals surface area contributed by atoms with Gasteiger partial charge in [-0.25, -0.2) is 9.79 Å². The van der Waals surface area contributed by atoms with Gasteiger partial charge in [0.1, 0.15) is 10.8 Å². The summed E-state index contributed by atoms with van der Waals surface area (Å²) in [6.07, 6.45) is 1.10. The van der Waals surface area contributed by atoms with Crippen molar-refractivity contribution in [2.24, 2.45) is 9.98 Å². The molecule has 0 saturated carbocycles. The highest BCUT2D eigenvalue weighted by Crippen LogP contribution is 2.44. The summed E-state index contributed by atoms with van der Waals surface area (Å²) in [7, 11) is 2.30. The number of rotatable bonds is 12. The van der Waals surface area contributed by atoms with Crippen LogP contribution in [0.5, 0.6) is 11.5 Å². The van der Waals surface area contributed by atoms with Gasteiger partial charge in [-0.2, -0.15) is 9.98 Å². The van der Waals surface area contributed by atoms with Crippen LogP contribution in [-0.4, -0.2) is 62.9 Å². The molecule has 44 heavy (non-hydrogen) atoms. The lowest BCUT2D eigenvalue weighted by molar-refractivity contribution is 0.183. The van der Waals surface area contributed by atoms with Crippen molar-refractivity contribution < 1.29 is 28.0 Å². The number of amides is 1. The standard InChI is InChI=1S/C32H44N4O6SSi/c1-19(2)44(20(3)4,21(5)6)41-18-25-16-24(17-27(38-8)29(25)39-9)28(31(43-11)35-32(37)40-10)34-26-14-12-23(13-15-26)30-33-22(7)42-36-30/h12-17,19-21H,18H2,1-11H3/b34-28-,35-31-. The molecule has 1 aromatic heterocycles. The van der Waals surface area contributed by atoms with Gasteiger partial charge in [0.2, 0.25) is 20.0 Å². The number of aromatic nitrogens is 2. The molecular weight excluding hydrogens is 597 g/mol. The van der Waals surface area contributed by atoms with E-state index >= 15 is 0 Å². The van der Waals surface area contributed by atoms with E-state index in [9.17, 15) is 4.79 Å². The number of aliphatic imine (C=N–C) groups is 2. The van der Waals surface area contributed by atoms with Gasteiger partial charge in [-0.15, -0.1) is 11.8 Å². The molecule has 2 aromatic carbocycles. The van der Waals surface area contributed by atoms with E-state index in [4.69, 9.17) is 28.2 Å². The highest BCUT2D eigenvalue weighted by atomic mass is 32.2. The van der Waals surface area contributed by atoms with Gasteiger partial charge < -0.3 is 23.2 Å². The molecule has 0 atom stereocenters. The lowest BCUT2D eigenvalue weighted by Gasteiger charge is -2.42. The van der Waals surface area contributed by atoms with E-state index in [1.54, 1.807) is 21.1 Å². The smallest absolute Gasteiger partial charge is 0.434 e. The number of hydrogen-bond donors (Lipinski definition) is 0. The zero-order chi connectivity index (χ0) is 32.6. The summed E-state index contributed by atoms with van der Waals surface area (Å²) in [5, 5.41) is 4.37. The van der Waals surface area contributed by atoms with Gasteiger partial charge in [0.15, 0.2) is 11.5 Å². The maximum absolute atomic E-state index is 12.3. The molecule has 0 radical (unpaired) electrons. The van der Waals surface area contributed by atoms with Gasteiger partial charge in [0, 0.05) is 23.6 Å². The topological polar surface area (TPSA) is 118 Å². The largest absolute Gasteiger partial charge is 0.493 e. The summed E-state index contributed by atoms with van der Waals surface area (Å²) in [5.74, 6) is 2.08. The first-order valence-electron chi connectivity index (χ1n) is 14.5. The summed E-state index contributed by atoms with van der Waals surface area (Å²) in [4.78, 5) is 25.8. The van der Waals surface area contributed by atoms with E-state index in [1.165, 1.54) is 18.9 Å². The Morgan fingerprint density at radius 3 is 2.09 bits per heavy atom. The Balaban J connectivity index is 2.20. The fourth-order valence-electron chi connectivity index (χ4n) is 5.78. The maximum Gasteiger partial charge on any atom is 0.434 e. The van der Waals surface area contributed by atoms with Crippen LogP contribution < -0.4 is 9.47 Å². The second-order valence-corrected chi connectivity index (χ2v) is 17.5. The Bertz CT molecular complexity index is 1460. The third-order valence-corrected chi connectivity index (χ3v) is 14.4. The number of aryl methyl sites for hydroxylation is 1. The van der Waals surface area contributed by atoms with Gasteiger partial charge in [0.25, 0.3) is 0 Å². The van der Waals surface area contributed by atoms with E-state index in [1.807, 2.05) is 42.7 Å². The van der Waals surface area contributed by atoms with Crippen LogP contribution >= 0.6 is 11.8 Å². The van der Waals surface area contributed by atoms with Crippen LogP contribution in [0.3, 0.4) is 0 Å². The average Bonchev–Trinajstić information content (AvgIpc) is 3.44. The van der Waals surface area contributed by atoms with Crippen LogP contribution in [0.4, 0.5) is 10.5 Å². The molecule has 12 heteroatoms. The van der Waals surface area contributed by atoms with E-state index in [0.29, 0.717) is 68.5 Å². The molecule has 0 saturated heterocycles. The van der Waals surface area contributed by atoms with Crippen LogP contribution in [0.25, 0.3) is 11.4 Å². The Kier molecular flexibility index (Phi) is 12.3. The second-order valence-electron chi connectivity index (χ2n) is 11.2. The van der Waals surface area contributed by atoms with E-state index in [0.717, 1.165) is 11.1 Å². The fraction of sp³-hybridized carbons (Fsp3) is 0.469. The van der Waals surface area contributed by atoms with Gasteiger partial charge in [-0.05, 0) is 59.3 Å². The van der Waals surface area contributed by atoms with E-state index in [2.05, 4.69) is 56.7 Å². The molecule has 238 valence electrons. The van der Waals surface area contributed by atoms with Crippen LogP contribution in [-0.2, 0) is 15.8 Å². The summed E-state index contributed by atoms with van der Waals surface area (Å²) in [6, 6.07) is 11.2. The molecule has 1 heterocycles. The Morgan fingerprint density at radius 1 is 0.977 bits per heavy atom. The summed E-state index contributed by atoms with van der Waals surface area (Å²) in [6.45, 7) is 15.6. The molecule has 1 amide bonds. The quantitative estimate of drug-likeness (QED) is 0.109. The van der Waals surface area contributed by atoms with Gasteiger partial charge in [0.05, 0.1) is 33.6 Å². The average molecular weight is 641 g/mol. The summed E-state index contributed by atoms with van der Waals surface area (Å²) < 4.78 is 28.6. The van der Waals surface area contributed by atoms with Gasteiger partial charge in [-0.3, -0.25) is 0 Å². The van der Waals surface area contributed by atoms with Crippen molar-refractivity contribution in [1.29, 1.82) is 0 Å².